The molecule has 4 rings (SSSR count). The van der Waals surface area contributed by atoms with Crippen LogP contribution in [0.5, 0.6) is 11.5 Å². The normalized spacial score (nSPS) is 9.02. The number of benzene rings is 4. The molecule has 0 saturated heterocycles. The van der Waals surface area contributed by atoms with Crippen LogP contribution in [0.3, 0.4) is 0 Å². The molecule has 8 nitrogen and oxygen atoms in total. The van der Waals surface area contributed by atoms with Crippen LogP contribution in [0, 0.1) is 12.8 Å². The second-order valence-corrected chi connectivity index (χ2v) is 9.96. The second kappa shape index (κ2) is 21.8. The minimum atomic E-state index is 0. The fourth-order valence-corrected chi connectivity index (χ4v) is 3.30. The fourth-order valence-electron chi connectivity index (χ4n) is 3.30. The average Bonchev–Trinajstić information content (AvgIpc) is 2.99. The smallest absolute Gasteiger partial charge is 0.253 e. The van der Waals surface area contributed by atoms with Crippen molar-refractivity contribution in [1.29, 1.82) is 0 Å². The predicted molar refractivity (Wildman–Crippen MR) is 186 cm³/mol. The van der Waals surface area contributed by atoms with Crippen LogP contribution in [0.25, 0.3) is 0 Å². The van der Waals surface area contributed by atoms with Gasteiger partial charge in [0.1, 0.15) is 0 Å². The topological polar surface area (TPSA) is 138 Å². The van der Waals surface area contributed by atoms with Gasteiger partial charge in [0.2, 0.25) is 23.1 Å². The quantitative estimate of drug-likeness (QED) is 0.0864. The molecule has 9 heteroatoms. The molecule has 236 valence electrons. The van der Waals surface area contributed by atoms with E-state index in [0.29, 0.717) is 22.6 Å². The van der Waals surface area contributed by atoms with Crippen LogP contribution < -0.4 is 9.80 Å². The maximum atomic E-state index is 9.37. The van der Waals surface area contributed by atoms with Crippen molar-refractivity contribution in [1.82, 2.24) is 0 Å². The van der Waals surface area contributed by atoms with Gasteiger partial charge in [0.25, 0.3) is 11.5 Å². The van der Waals surface area contributed by atoms with E-state index in [1.807, 2.05) is 98.7 Å². The molecular weight excluding hydrogens is 604 g/mol. The molecule has 0 heterocycles. The number of hydrogen-bond donors (Lipinski definition) is 0. The third-order valence-corrected chi connectivity index (χ3v) is 5.60. The Morgan fingerprint density at radius 3 is 0.978 bits per heavy atom. The van der Waals surface area contributed by atoms with E-state index >= 15 is 0 Å². The van der Waals surface area contributed by atoms with Crippen LogP contribution in [0.1, 0.15) is 25.0 Å². The molecule has 0 fully saturated rings. The molecule has 0 spiro atoms. The van der Waals surface area contributed by atoms with Gasteiger partial charge in [-0.3, -0.25) is 9.59 Å². The van der Waals surface area contributed by atoms with Gasteiger partial charge in [-0.05, 0) is 37.1 Å². The van der Waals surface area contributed by atoms with Crippen LogP contribution in [0.2, 0.25) is 0 Å². The third kappa shape index (κ3) is 17.8. The molecule has 0 aliphatic heterocycles. The monoisotopic (exact) mass is 650 g/mol. The number of carbonyl (C=O) groups excluding carboxylic acids is 4. The van der Waals surface area contributed by atoms with E-state index in [-0.39, 0.29) is 44.9 Å². The van der Waals surface area contributed by atoms with Crippen molar-refractivity contribution in [3.63, 3.8) is 0 Å². The second-order valence-electron chi connectivity index (χ2n) is 9.96. The molecule has 0 aromatic heterocycles. The minimum Gasteiger partial charge on any atom is -0.593 e. The average molecular weight is 651 g/mol. The molecule has 0 saturated carbocycles. The number of rotatable bonds is 8. The summed E-state index contributed by atoms with van der Waals surface area (Å²) in [6, 6.07) is 33.0. The van der Waals surface area contributed by atoms with Crippen molar-refractivity contribution >= 4 is 34.5 Å². The molecule has 0 amide bonds. The molecule has 0 bridgehead atoms. The molecule has 4 aromatic rings. The Balaban J connectivity index is 0.000000571. The molecule has 0 aliphatic rings. The molecular formula is C36H46N2O6Ti+4. The maximum Gasteiger partial charge on any atom is 0.253 e. The first-order valence-electron chi connectivity index (χ1n) is 13.7. The number of nitrogens with zero attached hydrogens (tertiary/aromatic N) is 2. The summed E-state index contributed by atoms with van der Waals surface area (Å²) in [4.78, 5) is 40.5. The largest absolute Gasteiger partial charge is 0.593 e. The first kappa shape index (κ1) is 40.2. The van der Waals surface area contributed by atoms with Crippen molar-refractivity contribution in [2.45, 2.75) is 13.8 Å². The van der Waals surface area contributed by atoms with Crippen molar-refractivity contribution in [2.24, 2.45) is 0 Å². The zero-order valence-electron chi connectivity index (χ0n) is 26.7. The van der Waals surface area contributed by atoms with Crippen molar-refractivity contribution in [2.75, 3.05) is 38.0 Å². The summed E-state index contributed by atoms with van der Waals surface area (Å²) in [7, 11) is 7.94. The van der Waals surface area contributed by atoms with Crippen molar-refractivity contribution < 1.29 is 51.1 Å². The zero-order chi connectivity index (χ0) is 33.1. The van der Waals surface area contributed by atoms with Crippen LogP contribution in [-0.4, -0.2) is 80.7 Å². The van der Waals surface area contributed by atoms with Gasteiger partial charge in [-0.15, -0.1) is 24.3 Å². The molecule has 8 N–H and O–H groups in total. The van der Waals surface area contributed by atoms with Crippen molar-refractivity contribution in [3.8, 4) is 11.5 Å². The molecule has 0 radical (unpaired) electrons. The van der Waals surface area contributed by atoms with Gasteiger partial charge in [-0.2, -0.15) is 0 Å². The fraction of sp³-hybridized carbons (Fsp3) is 0.167. The van der Waals surface area contributed by atoms with Gasteiger partial charge in [0.05, 0.1) is 0 Å². The Hall–Kier alpha value is -4.79. The van der Waals surface area contributed by atoms with E-state index in [9.17, 15) is 9.59 Å². The summed E-state index contributed by atoms with van der Waals surface area (Å²) >= 11 is 0. The first-order chi connectivity index (χ1) is 20.8. The van der Waals surface area contributed by atoms with Crippen LogP contribution in [0.4, 0.5) is 11.4 Å². The van der Waals surface area contributed by atoms with Crippen LogP contribution in [-0.2, 0) is 21.7 Å². The summed E-state index contributed by atoms with van der Waals surface area (Å²) in [6.45, 7) is 3.03. The summed E-state index contributed by atoms with van der Waals surface area (Å²) in [5.41, 5.74) is 3.67. The zero-order valence-corrected chi connectivity index (χ0v) is 28.3. The standard InChI is InChI=1S/2C10H9O2.2C8H11NO.Ti/c2*1-8(11)7-10(12)9-5-3-2-4-6-9;2*1-9(2)7-3-5-8(10)6-4-7;/h2*2-7H,1H3;2*3-6,10H,1-2H3;/q2*-1;;;/p+6. The van der Waals surface area contributed by atoms with E-state index < -0.39 is 0 Å². The summed E-state index contributed by atoms with van der Waals surface area (Å²) in [5, 5.41) is 14.4. The van der Waals surface area contributed by atoms with Gasteiger partial charge >= 0.3 is 0 Å². The van der Waals surface area contributed by atoms with E-state index in [4.69, 9.17) is 19.8 Å². The SMILES string of the molecule is CC(=[OH+])[CH-]C(=[OH+])c1ccccc1.CC(=[OH+])[CH-]C(=[OH+])c1ccccc1.CN(C)c1ccc([OH2+])cc1.CN(C)c1ccc([OH2+])cc1.[Ti]. The van der Waals surface area contributed by atoms with Gasteiger partial charge in [-0.1, -0.05) is 47.5 Å². The molecule has 0 unspecified atom stereocenters. The Labute approximate surface area is 281 Å². The van der Waals surface area contributed by atoms with E-state index in [1.165, 1.54) is 26.7 Å². The summed E-state index contributed by atoms with van der Waals surface area (Å²) in [6.07, 6.45) is 2.63. The van der Waals surface area contributed by atoms with Crippen LogP contribution >= 0.6 is 0 Å². The van der Waals surface area contributed by atoms with E-state index in [2.05, 4.69) is 0 Å². The number of ketones is 4. The predicted octanol–water partition coefficient (Wildman–Crippen LogP) is 5.08. The number of hydrogen-bond acceptors (Lipinski definition) is 2. The number of anilines is 2. The molecule has 0 aliphatic carbocycles. The molecule has 0 atom stereocenters. The maximum absolute atomic E-state index is 9.37. The van der Waals surface area contributed by atoms with Gasteiger partial charge in [-0.25, -0.2) is 0 Å². The first-order valence-corrected chi connectivity index (χ1v) is 13.7. The Morgan fingerprint density at radius 2 is 0.756 bits per heavy atom. The Morgan fingerprint density at radius 1 is 0.489 bits per heavy atom. The minimum absolute atomic E-state index is 0. The Kier molecular flexibility index (Phi) is 19.5. The van der Waals surface area contributed by atoms with E-state index in [0.717, 1.165) is 11.4 Å². The molecule has 4 aromatic carbocycles. The summed E-state index contributed by atoms with van der Waals surface area (Å²) in [5.74, 6) is 1.47. The Bertz CT molecular complexity index is 1330. The van der Waals surface area contributed by atoms with Crippen molar-refractivity contribution in [3.05, 3.63) is 133 Å². The summed E-state index contributed by atoms with van der Waals surface area (Å²) < 4.78 is 0. The van der Waals surface area contributed by atoms with Gasteiger partial charge < -0.3 is 29.6 Å². The third-order valence-electron chi connectivity index (χ3n) is 5.60. The van der Waals surface area contributed by atoms with E-state index in [1.54, 1.807) is 48.5 Å². The van der Waals surface area contributed by atoms with Gasteiger partial charge in [0.15, 0.2) is 0 Å². The van der Waals surface area contributed by atoms with Crippen LogP contribution in [0.15, 0.2) is 109 Å². The molecule has 45 heavy (non-hydrogen) atoms. The van der Waals surface area contributed by atoms with Gasteiger partial charge in [0, 0.05) is 99.4 Å².